The van der Waals surface area contributed by atoms with Gasteiger partial charge in [0.15, 0.2) is 0 Å². The molecular formula is C26H24N2O5. The molecule has 2 aliphatic heterocycles. The van der Waals surface area contributed by atoms with Crippen molar-refractivity contribution in [3.63, 3.8) is 0 Å². The first-order valence-corrected chi connectivity index (χ1v) is 11.5. The molecule has 7 nitrogen and oxygen atoms in total. The molecule has 6 atom stereocenters. The minimum Gasteiger partial charge on any atom is -0.462 e. The van der Waals surface area contributed by atoms with Crippen LogP contribution >= 0.6 is 0 Å². The Morgan fingerprint density at radius 1 is 1.00 bits per heavy atom. The van der Waals surface area contributed by atoms with E-state index in [0.29, 0.717) is 11.3 Å². The predicted octanol–water partition coefficient (Wildman–Crippen LogP) is 3.35. The maximum absolute atomic E-state index is 13.5. The lowest BCUT2D eigenvalue weighted by molar-refractivity contribution is -0.125. The molecule has 2 aromatic carbocycles. The summed E-state index contributed by atoms with van der Waals surface area (Å²) in [4.78, 5) is 46.0. The number of rotatable bonds is 4. The molecule has 2 amide bonds. The number of amides is 2. The van der Waals surface area contributed by atoms with E-state index in [2.05, 4.69) is 5.16 Å². The molecule has 2 saturated carbocycles. The highest BCUT2D eigenvalue weighted by molar-refractivity contribution is 6.23. The van der Waals surface area contributed by atoms with Crippen molar-refractivity contribution in [3.05, 3.63) is 65.2 Å². The van der Waals surface area contributed by atoms with E-state index in [0.717, 1.165) is 17.7 Å². The molecule has 2 bridgehead atoms. The number of benzene rings is 2. The number of imide groups is 1. The van der Waals surface area contributed by atoms with Crippen LogP contribution in [0.5, 0.6) is 0 Å². The first kappa shape index (κ1) is 20.1. The molecule has 6 rings (SSSR count). The maximum atomic E-state index is 13.5. The molecule has 0 unspecified atom stereocenters. The van der Waals surface area contributed by atoms with Gasteiger partial charge in [-0.1, -0.05) is 35.0 Å². The van der Waals surface area contributed by atoms with Gasteiger partial charge in [0.25, 0.3) is 0 Å². The van der Waals surface area contributed by atoms with Crippen LogP contribution < -0.4 is 4.90 Å². The number of fused-ring (bicyclic) bond motifs is 8. The molecule has 0 radical (unpaired) electrons. The monoisotopic (exact) mass is 444 g/mol. The van der Waals surface area contributed by atoms with Crippen molar-refractivity contribution in [1.82, 2.24) is 0 Å². The zero-order chi connectivity index (χ0) is 22.9. The molecule has 2 heterocycles. The van der Waals surface area contributed by atoms with Crippen LogP contribution in [0.4, 0.5) is 5.69 Å². The Bertz CT molecular complexity index is 1190. The molecule has 0 N–H and O–H groups in total. The van der Waals surface area contributed by atoms with E-state index >= 15 is 0 Å². The molecule has 3 fully saturated rings. The number of nitrogens with zero attached hydrogens (tertiary/aromatic N) is 2. The Labute approximate surface area is 191 Å². The van der Waals surface area contributed by atoms with Crippen molar-refractivity contribution in [2.75, 3.05) is 11.5 Å². The van der Waals surface area contributed by atoms with E-state index in [1.165, 1.54) is 10.5 Å². The standard InChI is InChI=1S/C26H24N2O5/c1-3-32-26(31)15-8-10-16(11-9-15)28-24(29)19-17-12-18(20(19)25(28)30)23-21(17)22(27-33-23)14-6-4-13(2)5-7-14/h4-11,17-21,23H,3,12H2,1-2H3/t17-,18+,19-,20+,21+,23-/m1/s1. The van der Waals surface area contributed by atoms with Crippen LogP contribution in [0, 0.1) is 36.5 Å². The van der Waals surface area contributed by atoms with Crippen LogP contribution in [0.15, 0.2) is 53.7 Å². The van der Waals surface area contributed by atoms with Crippen LogP contribution in [0.3, 0.4) is 0 Å². The lowest BCUT2D eigenvalue weighted by Crippen LogP contribution is -2.41. The summed E-state index contributed by atoms with van der Waals surface area (Å²) in [5.74, 6) is -1.44. The minimum atomic E-state index is -0.425. The molecule has 0 aromatic heterocycles. The SMILES string of the molecule is CCOC(=O)c1ccc(N2C(=O)[C@@H]3[C@H]4C[C@H]([C@H]5ON=C(c6ccc(C)cc6)[C@H]45)[C@@H]3C2=O)cc1. The van der Waals surface area contributed by atoms with E-state index in [4.69, 9.17) is 9.57 Å². The first-order valence-electron chi connectivity index (χ1n) is 11.5. The largest absolute Gasteiger partial charge is 0.462 e. The minimum absolute atomic E-state index is 0.0167. The van der Waals surface area contributed by atoms with Crippen LogP contribution in [-0.2, 0) is 19.2 Å². The third-order valence-corrected chi connectivity index (χ3v) is 7.67. The number of oxime groups is 1. The van der Waals surface area contributed by atoms with Crippen molar-refractivity contribution in [1.29, 1.82) is 0 Å². The number of aryl methyl sites for hydroxylation is 1. The second-order valence-corrected chi connectivity index (χ2v) is 9.33. The average molecular weight is 444 g/mol. The van der Waals surface area contributed by atoms with Gasteiger partial charge in [0.2, 0.25) is 11.8 Å². The third-order valence-electron chi connectivity index (χ3n) is 7.67. The molecule has 0 spiro atoms. The molecule has 4 aliphatic rings. The Balaban J connectivity index is 1.28. The number of hydrogen-bond donors (Lipinski definition) is 0. The molecule has 33 heavy (non-hydrogen) atoms. The number of ether oxygens (including phenoxy) is 1. The molecule has 168 valence electrons. The van der Waals surface area contributed by atoms with Gasteiger partial charge in [-0.05, 0) is 56.0 Å². The summed E-state index contributed by atoms with van der Waals surface area (Å²) in [5, 5.41) is 4.39. The number of carbonyl (C=O) groups is 3. The van der Waals surface area contributed by atoms with Gasteiger partial charge in [-0.15, -0.1) is 0 Å². The number of anilines is 1. The van der Waals surface area contributed by atoms with Crippen molar-refractivity contribution in [2.45, 2.75) is 26.4 Å². The van der Waals surface area contributed by atoms with Crippen molar-refractivity contribution in [2.24, 2.45) is 34.7 Å². The quantitative estimate of drug-likeness (QED) is 0.533. The molecule has 7 heteroatoms. The first-order chi connectivity index (χ1) is 16.0. The Hall–Kier alpha value is -3.48. The number of carbonyl (C=O) groups excluding carboxylic acids is 3. The maximum Gasteiger partial charge on any atom is 0.338 e. The molecular weight excluding hydrogens is 420 g/mol. The van der Waals surface area contributed by atoms with Gasteiger partial charge in [-0.25, -0.2) is 4.79 Å². The Morgan fingerprint density at radius 3 is 2.33 bits per heavy atom. The lowest BCUT2D eigenvalue weighted by atomic mass is 9.71. The van der Waals surface area contributed by atoms with E-state index in [1.807, 2.05) is 31.2 Å². The fraction of sp³-hybridized carbons (Fsp3) is 0.385. The van der Waals surface area contributed by atoms with Crippen LogP contribution in [0.1, 0.15) is 34.8 Å². The van der Waals surface area contributed by atoms with Crippen LogP contribution in [-0.4, -0.2) is 36.2 Å². The molecule has 2 aromatic rings. The van der Waals surface area contributed by atoms with Gasteiger partial charge >= 0.3 is 5.97 Å². The predicted molar refractivity (Wildman–Crippen MR) is 120 cm³/mol. The topological polar surface area (TPSA) is 85.3 Å². The van der Waals surface area contributed by atoms with Gasteiger partial charge in [0, 0.05) is 11.8 Å². The van der Waals surface area contributed by atoms with E-state index in [9.17, 15) is 14.4 Å². The third kappa shape index (κ3) is 2.81. The summed E-state index contributed by atoms with van der Waals surface area (Å²) in [6.45, 7) is 4.07. The fourth-order valence-electron chi connectivity index (χ4n) is 6.30. The van der Waals surface area contributed by atoms with E-state index in [-0.39, 0.29) is 54.1 Å². The van der Waals surface area contributed by atoms with Gasteiger partial charge in [-0.3, -0.25) is 14.5 Å². The molecule has 2 aliphatic carbocycles. The van der Waals surface area contributed by atoms with E-state index in [1.54, 1.807) is 31.2 Å². The van der Waals surface area contributed by atoms with Crippen LogP contribution in [0.25, 0.3) is 0 Å². The van der Waals surface area contributed by atoms with Crippen molar-refractivity contribution < 1.29 is 24.0 Å². The average Bonchev–Trinajstić information content (AvgIpc) is 3.55. The van der Waals surface area contributed by atoms with Crippen molar-refractivity contribution in [3.8, 4) is 0 Å². The van der Waals surface area contributed by atoms with Gasteiger partial charge in [0.1, 0.15) is 6.10 Å². The highest BCUT2D eigenvalue weighted by Crippen LogP contribution is 2.62. The number of esters is 1. The summed E-state index contributed by atoms with van der Waals surface area (Å²) in [6.07, 6.45) is 0.651. The smallest absolute Gasteiger partial charge is 0.338 e. The summed E-state index contributed by atoms with van der Waals surface area (Å²) in [7, 11) is 0. The Kier molecular flexibility index (Phi) is 4.44. The Morgan fingerprint density at radius 2 is 1.67 bits per heavy atom. The molecule has 1 saturated heterocycles. The summed E-state index contributed by atoms with van der Waals surface area (Å²) in [5.41, 5.74) is 3.96. The zero-order valence-electron chi connectivity index (χ0n) is 18.4. The highest BCUT2D eigenvalue weighted by Gasteiger charge is 2.70. The van der Waals surface area contributed by atoms with Crippen LogP contribution in [0.2, 0.25) is 0 Å². The second kappa shape index (κ2) is 7.27. The normalized spacial score (nSPS) is 31.3. The summed E-state index contributed by atoms with van der Waals surface area (Å²) in [6, 6.07) is 14.7. The lowest BCUT2D eigenvalue weighted by Gasteiger charge is -2.29. The van der Waals surface area contributed by atoms with Gasteiger partial charge in [-0.2, -0.15) is 0 Å². The van der Waals surface area contributed by atoms with Crippen molar-refractivity contribution >= 4 is 29.2 Å². The highest BCUT2D eigenvalue weighted by atomic mass is 16.6. The van der Waals surface area contributed by atoms with Gasteiger partial charge < -0.3 is 9.57 Å². The summed E-state index contributed by atoms with van der Waals surface area (Å²) < 4.78 is 5.02. The number of hydrogen-bond acceptors (Lipinski definition) is 6. The second-order valence-electron chi connectivity index (χ2n) is 9.33. The fourth-order valence-corrected chi connectivity index (χ4v) is 6.30. The zero-order valence-corrected chi connectivity index (χ0v) is 18.4. The van der Waals surface area contributed by atoms with Gasteiger partial charge in [0.05, 0.1) is 35.4 Å². The summed E-state index contributed by atoms with van der Waals surface area (Å²) >= 11 is 0. The van der Waals surface area contributed by atoms with E-state index < -0.39 is 5.97 Å².